The van der Waals surface area contributed by atoms with Crippen LogP contribution >= 0.6 is 15.9 Å². The number of pyridine rings is 1. The van der Waals surface area contributed by atoms with Gasteiger partial charge in [0.25, 0.3) is 5.91 Å². The van der Waals surface area contributed by atoms with Crippen LogP contribution in [0.2, 0.25) is 0 Å². The van der Waals surface area contributed by atoms with Crippen LogP contribution in [0.1, 0.15) is 31.1 Å². The molecule has 3 nitrogen and oxygen atoms in total. The summed E-state index contributed by atoms with van der Waals surface area (Å²) in [5.74, 6) is -0.0838. The van der Waals surface area contributed by atoms with E-state index in [1.54, 1.807) is 0 Å². The molecular weight excluding hydrogens is 364 g/mol. The molecule has 0 fully saturated rings. The molecule has 0 radical (unpaired) electrons. The number of hydrogen-bond donors (Lipinski definition) is 1. The first-order chi connectivity index (χ1) is 11.3. The summed E-state index contributed by atoms with van der Waals surface area (Å²) in [6, 6.07) is 17.5. The third-order valence-electron chi connectivity index (χ3n) is 3.59. The van der Waals surface area contributed by atoms with Gasteiger partial charge in [0.15, 0.2) is 0 Å². The predicted octanol–water partition coefficient (Wildman–Crippen LogP) is 5.19. The fourth-order valence-corrected chi connectivity index (χ4v) is 2.80. The fourth-order valence-electron chi connectivity index (χ4n) is 2.54. The number of rotatable bonds is 2. The molecule has 0 saturated heterocycles. The second kappa shape index (κ2) is 6.36. The molecule has 0 spiro atoms. The van der Waals surface area contributed by atoms with E-state index in [1.165, 1.54) is 0 Å². The van der Waals surface area contributed by atoms with Crippen LogP contribution < -0.4 is 5.32 Å². The molecule has 0 atom stereocenters. The van der Waals surface area contributed by atoms with E-state index in [1.807, 2.05) is 75.4 Å². The van der Waals surface area contributed by atoms with Crippen molar-refractivity contribution in [2.75, 3.05) is 0 Å². The number of nitrogens with one attached hydrogen (secondary N) is 1. The van der Waals surface area contributed by atoms with Gasteiger partial charge in [-0.3, -0.25) is 4.79 Å². The molecule has 0 bridgehead atoms. The van der Waals surface area contributed by atoms with Crippen molar-refractivity contribution in [3.8, 4) is 11.3 Å². The summed E-state index contributed by atoms with van der Waals surface area (Å²) in [6.45, 7) is 5.93. The molecule has 1 heterocycles. The molecule has 122 valence electrons. The maximum absolute atomic E-state index is 12.8. The average Bonchev–Trinajstić information content (AvgIpc) is 2.53. The number of nitrogens with zero attached hydrogens (tertiary/aromatic N) is 1. The lowest BCUT2D eigenvalue weighted by Gasteiger charge is -2.21. The normalized spacial score (nSPS) is 11.5. The SMILES string of the molecule is CC(C)(C)NC(=O)c1cc(-c2ccc(Br)cc2)nc2ccccc12. The molecule has 1 N–H and O–H groups in total. The fraction of sp³-hybridized carbons (Fsp3) is 0.200. The van der Waals surface area contributed by atoms with Gasteiger partial charge in [0, 0.05) is 21.0 Å². The van der Waals surface area contributed by atoms with E-state index < -0.39 is 0 Å². The van der Waals surface area contributed by atoms with E-state index in [0.717, 1.165) is 26.6 Å². The molecule has 1 aromatic heterocycles. The molecular formula is C20H19BrN2O. The van der Waals surface area contributed by atoms with Gasteiger partial charge in [0.1, 0.15) is 0 Å². The molecule has 3 aromatic rings. The van der Waals surface area contributed by atoms with Crippen LogP contribution in [0, 0.1) is 0 Å². The van der Waals surface area contributed by atoms with Crippen molar-refractivity contribution in [2.24, 2.45) is 0 Å². The Morgan fingerprint density at radius 1 is 1.04 bits per heavy atom. The number of carbonyl (C=O) groups is 1. The van der Waals surface area contributed by atoms with Crippen LogP contribution in [-0.2, 0) is 0 Å². The molecule has 1 amide bonds. The Balaban J connectivity index is 2.16. The highest BCUT2D eigenvalue weighted by atomic mass is 79.9. The van der Waals surface area contributed by atoms with E-state index in [0.29, 0.717) is 5.56 Å². The highest BCUT2D eigenvalue weighted by Crippen LogP contribution is 2.26. The summed E-state index contributed by atoms with van der Waals surface area (Å²) < 4.78 is 1.01. The van der Waals surface area contributed by atoms with Gasteiger partial charge in [-0.1, -0.05) is 46.3 Å². The Hall–Kier alpha value is -2.20. The van der Waals surface area contributed by atoms with Crippen molar-refractivity contribution >= 4 is 32.7 Å². The predicted molar refractivity (Wildman–Crippen MR) is 102 cm³/mol. The largest absolute Gasteiger partial charge is 0.347 e. The maximum Gasteiger partial charge on any atom is 0.252 e. The zero-order valence-electron chi connectivity index (χ0n) is 13.9. The Morgan fingerprint density at radius 2 is 1.71 bits per heavy atom. The number of benzene rings is 2. The Kier molecular flexibility index (Phi) is 4.41. The van der Waals surface area contributed by atoms with E-state index in [2.05, 4.69) is 21.2 Å². The monoisotopic (exact) mass is 382 g/mol. The average molecular weight is 383 g/mol. The first-order valence-corrected chi connectivity index (χ1v) is 8.61. The van der Waals surface area contributed by atoms with Crippen molar-refractivity contribution in [2.45, 2.75) is 26.3 Å². The van der Waals surface area contributed by atoms with Gasteiger partial charge in [0.05, 0.1) is 16.8 Å². The van der Waals surface area contributed by atoms with Gasteiger partial charge < -0.3 is 5.32 Å². The molecule has 0 unspecified atom stereocenters. The zero-order chi connectivity index (χ0) is 17.3. The number of hydrogen-bond acceptors (Lipinski definition) is 2. The van der Waals surface area contributed by atoms with Gasteiger partial charge in [-0.25, -0.2) is 4.98 Å². The summed E-state index contributed by atoms with van der Waals surface area (Å²) >= 11 is 3.44. The van der Waals surface area contributed by atoms with E-state index in [-0.39, 0.29) is 11.4 Å². The first-order valence-electron chi connectivity index (χ1n) is 7.82. The minimum atomic E-state index is -0.292. The molecule has 2 aromatic carbocycles. The summed E-state index contributed by atoms with van der Waals surface area (Å²) in [4.78, 5) is 17.5. The molecule has 24 heavy (non-hydrogen) atoms. The number of aromatic nitrogens is 1. The van der Waals surface area contributed by atoms with Crippen LogP contribution in [0.25, 0.3) is 22.2 Å². The summed E-state index contributed by atoms with van der Waals surface area (Å²) in [6.07, 6.45) is 0. The lowest BCUT2D eigenvalue weighted by molar-refractivity contribution is 0.0921. The van der Waals surface area contributed by atoms with Gasteiger partial charge in [-0.05, 0) is 45.0 Å². The summed E-state index contributed by atoms with van der Waals surface area (Å²) in [7, 11) is 0. The van der Waals surface area contributed by atoms with Gasteiger partial charge in [-0.2, -0.15) is 0 Å². The van der Waals surface area contributed by atoms with Crippen LogP contribution in [0.5, 0.6) is 0 Å². The molecule has 0 aliphatic heterocycles. The summed E-state index contributed by atoms with van der Waals surface area (Å²) in [5.41, 5.74) is 2.94. The molecule has 3 rings (SSSR count). The zero-order valence-corrected chi connectivity index (χ0v) is 15.5. The second-order valence-electron chi connectivity index (χ2n) is 6.78. The number of amides is 1. The Morgan fingerprint density at radius 3 is 2.38 bits per heavy atom. The van der Waals surface area contributed by atoms with Crippen molar-refractivity contribution < 1.29 is 4.79 Å². The molecule has 0 aliphatic rings. The van der Waals surface area contributed by atoms with E-state index >= 15 is 0 Å². The lowest BCUT2D eigenvalue weighted by atomic mass is 10.0. The van der Waals surface area contributed by atoms with E-state index in [4.69, 9.17) is 4.98 Å². The third kappa shape index (κ3) is 3.65. The summed E-state index contributed by atoms with van der Waals surface area (Å²) in [5, 5.41) is 3.90. The Bertz CT molecular complexity index is 896. The van der Waals surface area contributed by atoms with Crippen molar-refractivity contribution in [1.29, 1.82) is 0 Å². The van der Waals surface area contributed by atoms with Crippen molar-refractivity contribution in [1.82, 2.24) is 10.3 Å². The number of halogens is 1. The molecule has 0 aliphatic carbocycles. The number of fused-ring (bicyclic) bond motifs is 1. The third-order valence-corrected chi connectivity index (χ3v) is 4.12. The minimum absolute atomic E-state index is 0.0838. The lowest BCUT2D eigenvalue weighted by Crippen LogP contribution is -2.40. The molecule has 0 saturated carbocycles. The number of carbonyl (C=O) groups excluding carboxylic acids is 1. The minimum Gasteiger partial charge on any atom is -0.347 e. The van der Waals surface area contributed by atoms with Crippen LogP contribution in [-0.4, -0.2) is 16.4 Å². The van der Waals surface area contributed by atoms with Crippen LogP contribution in [0.3, 0.4) is 0 Å². The highest BCUT2D eigenvalue weighted by molar-refractivity contribution is 9.10. The van der Waals surface area contributed by atoms with Crippen LogP contribution in [0.15, 0.2) is 59.1 Å². The quantitative estimate of drug-likeness (QED) is 0.662. The topological polar surface area (TPSA) is 42.0 Å². The van der Waals surface area contributed by atoms with E-state index in [9.17, 15) is 4.79 Å². The maximum atomic E-state index is 12.8. The smallest absolute Gasteiger partial charge is 0.252 e. The Labute approximate surface area is 150 Å². The number of para-hydroxylation sites is 1. The highest BCUT2D eigenvalue weighted by Gasteiger charge is 2.18. The van der Waals surface area contributed by atoms with Gasteiger partial charge in [0.2, 0.25) is 0 Å². The molecule has 4 heteroatoms. The van der Waals surface area contributed by atoms with Crippen molar-refractivity contribution in [3.05, 3.63) is 64.6 Å². The second-order valence-corrected chi connectivity index (χ2v) is 7.70. The standard InChI is InChI=1S/C20H19BrN2O/c1-20(2,3)23-19(24)16-12-18(13-8-10-14(21)11-9-13)22-17-7-5-4-6-15(16)17/h4-12H,1-3H3,(H,23,24). The first kappa shape index (κ1) is 16.7. The van der Waals surface area contributed by atoms with Gasteiger partial charge in [-0.15, -0.1) is 0 Å². The van der Waals surface area contributed by atoms with Gasteiger partial charge >= 0.3 is 0 Å². The van der Waals surface area contributed by atoms with Crippen molar-refractivity contribution in [3.63, 3.8) is 0 Å². The van der Waals surface area contributed by atoms with Crippen LogP contribution in [0.4, 0.5) is 0 Å².